The smallest absolute Gasteiger partial charge is 0.305 e. The number of amides is 4. The number of fused-ring (bicyclic) bond motifs is 4. The summed E-state index contributed by atoms with van der Waals surface area (Å²) in [6.07, 6.45) is 13.9. The number of carbonyl (C=O) groups is 5. The van der Waals surface area contributed by atoms with Gasteiger partial charge in [0.05, 0.1) is 85.1 Å². The van der Waals surface area contributed by atoms with Crippen LogP contribution in [-0.4, -0.2) is 176 Å². The van der Waals surface area contributed by atoms with Crippen LogP contribution in [0.5, 0.6) is 0 Å². The SMILES string of the molecule is C=C(O)CC1CCN(C(=O)c2ncc(Cl)c(Cc3cc4c(C)cc(C#N)cc4n3C)c2Cl)CC1.CCCC1(O)CCN(C(=O)c2cnc(Cl)c(Cc3cc4c(C)cc(C)cc4n3C)c2Cl)CC1.COC(=O)CC1CCN(C(=O)c2cnc(Cl)c(Cc3cc4c(C)cc(C(C)(F)F)cc4n3C)c2Cl)CC1.Cc1cc(C(C)(F)F)cc2c1cc(Cc1c(Cl)ncc(C(=O)N3CCOCC3)c1Cl)n2C. The number of rotatable bonds is 20. The minimum absolute atomic E-state index is 0.0360. The summed E-state index contributed by atoms with van der Waals surface area (Å²) in [7, 11) is 8.96. The molecule has 4 aromatic carbocycles. The van der Waals surface area contributed by atoms with Gasteiger partial charge in [-0.05, 0) is 192 Å². The largest absolute Gasteiger partial charge is 0.513 e. The van der Waals surface area contributed by atoms with Gasteiger partial charge in [0, 0.05) is 252 Å². The van der Waals surface area contributed by atoms with Crippen molar-refractivity contribution in [1.29, 1.82) is 5.26 Å². The number of esters is 1. The number of ether oxygens (including phenoxy) is 2. The van der Waals surface area contributed by atoms with Crippen molar-refractivity contribution < 1.29 is 61.2 Å². The van der Waals surface area contributed by atoms with Crippen LogP contribution in [0.1, 0.15) is 216 Å². The highest BCUT2D eigenvalue weighted by atomic mass is 35.5. The van der Waals surface area contributed by atoms with Crippen LogP contribution in [0.2, 0.25) is 40.6 Å². The molecule has 0 atom stereocenters. The highest BCUT2D eigenvalue weighted by Crippen LogP contribution is 2.42. The molecule has 8 aromatic heterocycles. The second kappa shape index (κ2) is 43.2. The van der Waals surface area contributed by atoms with Crippen LogP contribution in [0.25, 0.3) is 43.6 Å². The number of benzene rings is 4. The maximum absolute atomic E-state index is 14.0. The number of hydrogen-bond donors (Lipinski definition) is 2. The molecule has 4 fully saturated rings. The van der Waals surface area contributed by atoms with E-state index in [1.54, 1.807) is 33.6 Å². The monoisotopic (exact) mass is 2020 g/mol. The fourth-order valence-corrected chi connectivity index (χ4v) is 20.8. The molecule has 0 unspecified atom stereocenters. The predicted molar refractivity (Wildman–Crippen MR) is 529 cm³/mol. The number of aromatic nitrogens is 8. The summed E-state index contributed by atoms with van der Waals surface area (Å²) in [6, 6.07) is 24.4. The number of nitrogens with zero attached hydrogens (tertiary/aromatic N) is 13. The number of piperidine rings is 3. The molecule has 4 aliphatic heterocycles. The van der Waals surface area contributed by atoms with E-state index in [1.165, 1.54) is 72.7 Å². The Morgan fingerprint density at radius 1 is 0.493 bits per heavy atom. The van der Waals surface area contributed by atoms with E-state index in [9.17, 15) is 57.0 Å². The van der Waals surface area contributed by atoms with Crippen molar-refractivity contribution in [2.75, 3.05) is 72.7 Å². The van der Waals surface area contributed by atoms with Gasteiger partial charge in [-0.15, -0.1) is 0 Å². The number of carbonyl (C=O) groups excluding carboxylic acids is 5. The molecule has 0 saturated carbocycles. The van der Waals surface area contributed by atoms with Crippen molar-refractivity contribution in [1.82, 2.24) is 57.8 Å². The molecule has 0 radical (unpaired) electrons. The second-order valence-electron chi connectivity index (χ2n) is 36.3. The lowest BCUT2D eigenvalue weighted by atomic mass is 9.87. The van der Waals surface area contributed by atoms with E-state index in [1.807, 2.05) is 73.0 Å². The normalized spacial score (nSPS) is 15.0. The zero-order valence-electron chi connectivity index (χ0n) is 78.2. The highest BCUT2D eigenvalue weighted by molar-refractivity contribution is 6.40. The van der Waals surface area contributed by atoms with Crippen LogP contribution in [0.15, 0.2) is 110 Å². The Labute approximate surface area is 828 Å². The van der Waals surface area contributed by atoms with E-state index >= 15 is 0 Å². The molecule has 16 rings (SSSR count). The summed E-state index contributed by atoms with van der Waals surface area (Å²) in [5.41, 5.74) is 15.4. The summed E-state index contributed by atoms with van der Waals surface area (Å²) in [5.74, 6) is -6.29. The van der Waals surface area contributed by atoms with Gasteiger partial charge in [0.25, 0.3) is 35.5 Å². The third kappa shape index (κ3) is 22.9. The Balaban J connectivity index is 0.000000154. The minimum Gasteiger partial charge on any atom is -0.513 e. The number of pyridine rings is 4. The van der Waals surface area contributed by atoms with Crippen LogP contribution in [0, 0.1) is 57.8 Å². The number of aryl methyl sites for hydroxylation is 9. The lowest BCUT2D eigenvalue weighted by Gasteiger charge is -2.38. The van der Waals surface area contributed by atoms with Crippen LogP contribution in [0.4, 0.5) is 17.6 Å². The van der Waals surface area contributed by atoms with Crippen molar-refractivity contribution in [2.45, 2.75) is 163 Å². The molecule has 0 aliphatic carbocycles. The average molecular weight is 2020 g/mol. The van der Waals surface area contributed by atoms with E-state index in [-0.39, 0.29) is 101 Å². The fourth-order valence-electron chi connectivity index (χ4n) is 18.6. The molecule has 4 aliphatic rings. The van der Waals surface area contributed by atoms with Gasteiger partial charge in [-0.1, -0.05) is 119 Å². The van der Waals surface area contributed by atoms with E-state index in [0.717, 1.165) is 106 Å². The third-order valence-electron chi connectivity index (χ3n) is 26.7. The summed E-state index contributed by atoms with van der Waals surface area (Å²) in [5, 5.41) is 35.6. The molecular formula is C102H109Cl8F4N13O9. The first kappa shape index (κ1) is 103. The first-order valence-electron chi connectivity index (χ1n) is 45.0. The number of halogens is 12. The topological polar surface area (TPSA) is 252 Å². The number of likely N-dealkylation sites (tertiary alicyclic amines) is 3. The van der Waals surface area contributed by atoms with Crippen LogP contribution in [0.3, 0.4) is 0 Å². The number of morpholine rings is 1. The van der Waals surface area contributed by atoms with Gasteiger partial charge in [0.2, 0.25) is 0 Å². The lowest BCUT2D eigenvalue weighted by molar-refractivity contribution is -0.142. The number of allylic oxidation sites excluding steroid dienone is 1. The van der Waals surface area contributed by atoms with Crippen LogP contribution in [-0.2, 0) is 80.0 Å². The summed E-state index contributed by atoms with van der Waals surface area (Å²) in [4.78, 5) is 88.2. The summed E-state index contributed by atoms with van der Waals surface area (Å²) < 4.78 is 73.8. The number of aliphatic hydroxyl groups is 2. The number of hydrogen-bond acceptors (Lipinski definition) is 14. The zero-order chi connectivity index (χ0) is 98.8. The van der Waals surface area contributed by atoms with Crippen molar-refractivity contribution in [3.05, 3.63) is 262 Å². The van der Waals surface area contributed by atoms with Crippen molar-refractivity contribution in [2.24, 2.45) is 40.0 Å². The van der Waals surface area contributed by atoms with Gasteiger partial charge in [0.1, 0.15) is 21.2 Å². The maximum Gasteiger partial charge on any atom is 0.305 e. The van der Waals surface area contributed by atoms with Crippen LogP contribution >= 0.6 is 92.8 Å². The molecule has 12 aromatic rings. The molecule has 0 spiro atoms. The summed E-state index contributed by atoms with van der Waals surface area (Å²) >= 11 is 52.5. The fraction of sp³-hybridized carbons (Fsp3) is 0.412. The zero-order valence-corrected chi connectivity index (χ0v) is 84.2. The molecule has 0 bridgehead atoms. The number of alkyl halides is 4. The first-order valence-corrected chi connectivity index (χ1v) is 48.0. The van der Waals surface area contributed by atoms with Crippen molar-refractivity contribution >= 4 is 166 Å². The number of methoxy groups -OCH3 is 1. The highest BCUT2D eigenvalue weighted by Gasteiger charge is 2.37. The standard InChI is InChI=1S/C27H29Cl2F2N3O3.C26H26Cl2N4O2.C26H31Cl2N3O2.C23H23Cl2F2N3O2/c1-15-9-17(27(2,30)31)11-22-19(15)12-18(33(22)3)13-20-24(28)21(14-32-25(20)29)26(36)34-7-5-16(6-8-34)10-23(35)37-4;1-15-8-18(13-29)10-23-20(15)11-19(31(23)3)12-21-22(27)14-30-25(24(21)28)26(34)32-6-4-17(5-7-32)9-16(2)33;1-5-6-26(33)7-9-31(10-8-26)25(32)21-15-29-24(28)20(23(21)27)14-18-13-19-17(3)11-16(2)12-22(19)30(18)4;1-13-8-14(23(2,26)27)9-19-16(13)10-15(29(19)3)11-17-20(24)18(12-28-21(17)25)22(31)30-4-6-32-7-5-30/h9,11-12,14,16H,5-8,10,13H2,1-4H3;8,10-11,14,17,33H,2,4-7,9,12H2,1,3H3;11-13,15,33H,5-10,14H2,1-4H3;8-10,12H,4-7,11H2,1-3H3. The molecule has 34 heteroatoms. The van der Waals surface area contributed by atoms with Crippen molar-refractivity contribution in [3.8, 4) is 6.07 Å². The molecule has 2 N–H and O–H groups in total. The molecule has 4 saturated heterocycles. The Morgan fingerprint density at radius 3 is 1.24 bits per heavy atom. The van der Waals surface area contributed by atoms with Crippen molar-refractivity contribution in [3.63, 3.8) is 0 Å². The van der Waals surface area contributed by atoms with Crippen LogP contribution < -0.4 is 0 Å². The maximum atomic E-state index is 14.0. The molecule has 4 amide bonds. The van der Waals surface area contributed by atoms with Gasteiger partial charge in [-0.25, -0.2) is 37.5 Å². The Hall–Kier alpha value is -10.0. The van der Waals surface area contributed by atoms with Gasteiger partial charge in [-0.2, -0.15) is 5.26 Å². The third-order valence-corrected chi connectivity index (χ3v) is 29.7. The van der Waals surface area contributed by atoms with E-state index < -0.39 is 17.4 Å². The van der Waals surface area contributed by atoms with E-state index in [0.29, 0.717) is 189 Å². The molecule has 12 heterocycles. The Morgan fingerprint density at radius 2 is 0.853 bits per heavy atom. The second-order valence-corrected chi connectivity index (χ2v) is 39.3. The first-order chi connectivity index (χ1) is 64.3. The van der Waals surface area contributed by atoms with Gasteiger partial charge in [0.15, 0.2) is 0 Å². The van der Waals surface area contributed by atoms with E-state index in [4.69, 9.17) is 102 Å². The Kier molecular flexibility index (Phi) is 32.8. The predicted octanol–water partition coefficient (Wildman–Crippen LogP) is 23.5. The lowest BCUT2D eigenvalue weighted by Crippen LogP contribution is -2.46. The summed E-state index contributed by atoms with van der Waals surface area (Å²) in [6.45, 7) is 22.3. The molecule has 22 nitrogen and oxygen atoms in total. The molecular weight excluding hydrogens is 1910 g/mol. The number of nitriles is 1. The Bertz CT molecular complexity index is 6680. The van der Waals surface area contributed by atoms with Gasteiger partial charge in [-0.3, -0.25) is 24.0 Å². The number of aliphatic hydroxyl groups excluding tert-OH is 1. The van der Waals surface area contributed by atoms with Gasteiger partial charge < -0.3 is 57.6 Å². The molecule has 720 valence electrons. The average Bonchev–Trinajstić information content (AvgIpc) is 1.62. The quantitative estimate of drug-likeness (QED) is 0.0312. The minimum atomic E-state index is -2.96. The van der Waals surface area contributed by atoms with Gasteiger partial charge >= 0.3 is 5.97 Å². The van der Waals surface area contributed by atoms with E-state index in [2.05, 4.69) is 82.2 Å². The molecule has 136 heavy (non-hydrogen) atoms.